The molecule has 0 saturated heterocycles. The molecule has 0 spiro atoms. The van der Waals surface area contributed by atoms with Gasteiger partial charge in [0.25, 0.3) is 0 Å². The molecule has 0 aromatic carbocycles. The summed E-state index contributed by atoms with van der Waals surface area (Å²) in [7, 11) is 0. The van der Waals surface area contributed by atoms with E-state index in [0.717, 1.165) is 42.0 Å². The Kier molecular flexibility index (Phi) is 3.49. The molecule has 1 amide bonds. The number of rotatable bonds is 3. The number of fused-ring (bicyclic) bond motifs is 1. The number of aryl methyl sites for hydroxylation is 2. The molecule has 3 rings (SSSR count). The van der Waals surface area contributed by atoms with Crippen LogP contribution in [0, 0.1) is 12.8 Å². The van der Waals surface area contributed by atoms with Gasteiger partial charge in [-0.25, -0.2) is 4.98 Å². The highest BCUT2D eigenvalue weighted by atomic mass is 16.3. The van der Waals surface area contributed by atoms with Crippen LogP contribution in [0.4, 0.5) is 5.82 Å². The summed E-state index contributed by atoms with van der Waals surface area (Å²) in [6.07, 6.45) is 6.48. The third-order valence-electron chi connectivity index (χ3n) is 3.78. The first-order chi connectivity index (χ1) is 10.1. The van der Waals surface area contributed by atoms with Gasteiger partial charge < -0.3 is 9.73 Å². The second kappa shape index (κ2) is 5.31. The first-order valence-corrected chi connectivity index (χ1v) is 7.30. The Morgan fingerprint density at radius 1 is 1.29 bits per heavy atom. The molecule has 0 atom stereocenters. The zero-order valence-corrected chi connectivity index (χ0v) is 12.6. The molecule has 0 saturated carbocycles. The highest BCUT2D eigenvalue weighted by Gasteiger charge is 2.24. The van der Waals surface area contributed by atoms with Crippen molar-refractivity contribution in [3.63, 3.8) is 0 Å². The van der Waals surface area contributed by atoms with Crippen molar-refractivity contribution >= 4 is 11.7 Å². The molecule has 2 aromatic rings. The fraction of sp³-hybridized carbons (Fsp3) is 0.438. The number of carbonyl (C=O) groups is 1. The molecule has 5 heteroatoms. The van der Waals surface area contributed by atoms with Crippen LogP contribution in [-0.2, 0) is 17.6 Å². The number of nitrogens with zero attached hydrogens (tertiary/aromatic N) is 2. The number of aromatic nitrogens is 2. The molecule has 21 heavy (non-hydrogen) atoms. The van der Waals surface area contributed by atoms with Crippen molar-refractivity contribution in [1.82, 2.24) is 9.97 Å². The molecule has 0 unspecified atom stereocenters. The predicted molar refractivity (Wildman–Crippen MR) is 80.0 cm³/mol. The van der Waals surface area contributed by atoms with Gasteiger partial charge in [0.15, 0.2) is 5.82 Å². The maximum atomic E-state index is 11.6. The topological polar surface area (TPSA) is 68.0 Å². The zero-order valence-electron chi connectivity index (χ0n) is 12.6. The van der Waals surface area contributed by atoms with Crippen molar-refractivity contribution in [2.75, 3.05) is 5.32 Å². The highest BCUT2D eigenvalue weighted by Crippen LogP contribution is 2.36. The standard InChI is InChI=1S/C16H19N3O2/c1-9(2)16(20)19-14-8-17-12(7-18-14)15-10(3)21-13-6-4-5-11(13)15/h7-9H,4-6H2,1-3H3,(H,18,19,20). The Bertz CT molecular complexity index is 672. The summed E-state index contributed by atoms with van der Waals surface area (Å²) in [5, 5.41) is 2.74. The van der Waals surface area contributed by atoms with Crippen LogP contribution in [0.25, 0.3) is 11.3 Å². The number of amides is 1. The smallest absolute Gasteiger partial charge is 0.228 e. The SMILES string of the molecule is Cc1oc2c(c1-c1cnc(NC(=O)C(C)C)cn1)CCC2. The summed E-state index contributed by atoms with van der Waals surface area (Å²) in [6, 6.07) is 0. The molecule has 0 bridgehead atoms. The van der Waals surface area contributed by atoms with Crippen LogP contribution < -0.4 is 5.32 Å². The van der Waals surface area contributed by atoms with Gasteiger partial charge in [0.2, 0.25) is 5.91 Å². The predicted octanol–water partition coefficient (Wildman–Crippen LogP) is 3.13. The van der Waals surface area contributed by atoms with Gasteiger partial charge in [-0.1, -0.05) is 13.8 Å². The molecule has 1 aliphatic carbocycles. The Balaban J connectivity index is 1.86. The van der Waals surface area contributed by atoms with E-state index in [2.05, 4.69) is 15.3 Å². The van der Waals surface area contributed by atoms with Gasteiger partial charge in [-0.05, 0) is 19.8 Å². The van der Waals surface area contributed by atoms with Crippen LogP contribution in [0.5, 0.6) is 0 Å². The van der Waals surface area contributed by atoms with E-state index in [-0.39, 0.29) is 11.8 Å². The van der Waals surface area contributed by atoms with Gasteiger partial charge in [-0.15, -0.1) is 0 Å². The van der Waals surface area contributed by atoms with E-state index in [1.807, 2.05) is 20.8 Å². The number of hydrogen-bond donors (Lipinski definition) is 1. The van der Waals surface area contributed by atoms with Crippen LogP contribution in [0.1, 0.15) is 37.4 Å². The largest absolute Gasteiger partial charge is 0.465 e. The highest BCUT2D eigenvalue weighted by molar-refractivity contribution is 5.91. The molecule has 5 nitrogen and oxygen atoms in total. The fourth-order valence-corrected chi connectivity index (χ4v) is 2.67. The lowest BCUT2D eigenvalue weighted by Crippen LogP contribution is -2.18. The van der Waals surface area contributed by atoms with Gasteiger partial charge in [-0.2, -0.15) is 0 Å². The summed E-state index contributed by atoms with van der Waals surface area (Å²) >= 11 is 0. The van der Waals surface area contributed by atoms with Crippen molar-refractivity contribution in [1.29, 1.82) is 0 Å². The zero-order chi connectivity index (χ0) is 15.0. The van der Waals surface area contributed by atoms with Crippen molar-refractivity contribution in [3.8, 4) is 11.3 Å². The van der Waals surface area contributed by atoms with Gasteiger partial charge in [0, 0.05) is 23.5 Å². The maximum absolute atomic E-state index is 11.6. The third-order valence-corrected chi connectivity index (χ3v) is 3.78. The van der Waals surface area contributed by atoms with E-state index in [9.17, 15) is 4.79 Å². The molecular weight excluding hydrogens is 266 g/mol. The quantitative estimate of drug-likeness (QED) is 0.940. The van der Waals surface area contributed by atoms with Crippen molar-refractivity contribution < 1.29 is 9.21 Å². The number of furan rings is 1. The Morgan fingerprint density at radius 2 is 2.10 bits per heavy atom. The first-order valence-electron chi connectivity index (χ1n) is 7.30. The van der Waals surface area contributed by atoms with Crippen molar-refractivity contribution in [2.45, 2.75) is 40.0 Å². The number of nitrogens with one attached hydrogen (secondary N) is 1. The maximum Gasteiger partial charge on any atom is 0.228 e. The van der Waals surface area contributed by atoms with E-state index in [0.29, 0.717) is 5.82 Å². The third kappa shape index (κ3) is 2.55. The number of hydrogen-bond acceptors (Lipinski definition) is 4. The molecule has 2 aromatic heterocycles. The molecule has 2 heterocycles. The lowest BCUT2D eigenvalue weighted by Gasteiger charge is -2.07. The van der Waals surface area contributed by atoms with Gasteiger partial charge in [0.05, 0.1) is 18.1 Å². The summed E-state index contributed by atoms with van der Waals surface area (Å²) in [5.74, 6) is 2.33. The van der Waals surface area contributed by atoms with E-state index in [4.69, 9.17) is 4.42 Å². The second-order valence-electron chi connectivity index (χ2n) is 5.72. The van der Waals surface area contributed by atoms with E-state index in [1.54, 1.807) is 12.4 Å². The molecular formula is C16H19N3O2. The normalized spacial score (nSPS) is 13.5. The van der Waals surface area contributed by atoms with E-state index in [1.165, 1.54) is 5.56 Å². The lowest BCUT2D eigenvalue weighted by atomic mass is 10.1. The van der Waals surface area contributed by atoms with Gasteiger partial charge in [0.1, 0.15) is 11.5 Å². The first kappa shape index (κ1) is 13.8. The van der Waals surface area contributed by atoms with Gasteiger partial charge >= 0.3 is 0 Å². The number of carbonyl (C=O) groups excluding carboxylic acids is 1. The molecule has 110 valence electrons. The van der Waals surface area contributed by atoms with Crippen LogP contribution in [-0.4, -0.2) is 15.9 Å². The molecule has 0 radical (unpaired) electrons. The minimum Gasteiger partial charge on any atom is -0.465 e. The summed E-state index contributed by atoms with van der Waals surface area (Å²) in [4.78, 5) is 20.4. The molecule has 1 aliphatic rings. The fourth-order valence-electron chi connectivity index (χ4n) is 2.67. The van der Waals surface area contributed by atoms with Crippen molar-refractivity contribution in [2.24, 2.45) is 5.92 Å². The van der Waals surface area contributed by atoms with Gasteiger partial charge in [-0.3, -0.25) is 9.78 Å². The average molecular weight is 285 g/mol. The van der Waals surface area contributed by atoms with E-state index >= 15 is 0 Å². The van der Waals surface area contributed by atoms with Crippen LogP contribution in [0.2, 0.25) is 0 Å². The lowest BCUT2D eigenvalue weighted by molar-refractivity contribution is -0.118. The minimum absolute atomic E-state index is 0.0579. The Morgan fingerprint density at radius 3 is 2.76 bits per heavy atom. The molecule has 0 fully saturated rings. The number of anilines is 1. The Hall–Kier alpha value is -2.17. The van der Waals surface area contributed by atoms with Crippen LogP contribution in [0.3, 0.4) is 0 Å². The molecule has 1 N–H and O–H groups in total. The summed E-state index contributed by atoms with van der Waals surface area (Å²) in [6.45, 7) is 5.65. The Labute approximate surface area is 123 Å². The average Bonchev–Trinajstić information content (AvgIpc) is 2.99. The summed E-state index contributed by atoms with van der Waals surface area (Å²) in [5.41, 5.74) is 3.14. The van der Waals surface area contributed by atoms with Crippen LogP contribution >= 0.6 is 0 Å². The van der Waals surface area contributed by atoms with E-state index < -0.39 is 0 Å². The van der Waals surface area contributed by atoms with Crippen LogP contribution in [0.15, 0.2) is 16.8 Å². The monoisotopic (exact) mass is 285 g/mol. The summed E-state index contributed by atoms with van der Waals surface area (Å²) < 4.78 is 5.80. The minimum atomic E-state index is -0.0779. The van der Waals surface area contributed by atoms with Crippen molar-refractivity contribution in [3.05, 3.63) is 29.5 Å². The second-order valence-corrected chi connectivity index (χ2v) is 5.72. The molecule has 0 aliphatic heterocycles.